The van der Waals surface area contributed by atoms with Gasteiger partial charge in [0.1, 0.15) is 22.9 Å². The van der Waals surface area contributed by atoms with Crippen LogP contribution in [-0.4, -0.2) is 27.8 Å². The van der Waals surface area contributed by atoms with Gasteiger partial charge in [-0.25, -0.2) is 9.97 Å². The van der Waals surface area contributed by atoms with Crippen LogP contribution in [-0.2, 0) is 11.3 Å². The molecular weight excluding hydrogens is 408 g/mol. The summed E-state index contributed by atoms with van der Waals surface area (Å²) in [5, 5.41) is 15.0. The minimum Gasteiger partial charge on any atom is -0.468 e. The smallest absolute Gasteiger partial charge is 0.288 e. The minimum atomic E-state index is -0.520. The summed E-state index contributed by atoms with van der Waals surface area (Å²) in [6.07, 6.45) is 6.40. The number of anilines is 1. The van der Waals surface area contributed by atoms with Crippen LogP contribution in [0.5, 0.6) is 5.75 Å². The van der Waals surface area contributed by atoms with E-state index in [0.29, 0.717) is 29.4 Å². The molecular formula is C21H21ClN4O4. The SMILES string of the molecule is O=[N+]([O-])c1cc2c(NCc3ccc(OCOC4CCCC4)cc3)ncnc2cc1Cl. The van der Waals surface area contributed by atoms with Gasteiger partial charge in [0.2, 0.25) is 0 Å². The molecule has 1 aliphatic carbocycles. The van der Waals surface area contributed by atoms with E-state index in [9.17, 15) is 10.1 Å². The van der Waals surface area contributed by atoms with Crippen molar-refractivity contribution in [1.82, 2.24) is 9.97 Å². The highest BCUT2D eigenvalue weighted by Crippen LogP contribution is 2.31. The fraction of sp³-hybridized carbons (Fsp3) is 0.333. The average molecular weight is 429 g/mol. The Balaban J connectivity index is 1.38. The molecule has 3 aromatic rings. The van der Waals surface area contributed by atoms with E-state index in [0.717, 1.165) is 24.2 Å². The Labute approximate surface area is 178 Å². The molecule has 1 fully saturated rings. The highest BCUT2D eigenvalue weighted by molar-refractivity contribution is 6.33. The molecule has 1 heterocycles. The van der Waals surface area contributed by atoms with Crippen molar-refractivity contribution in [2.45, 2.75) is 38.3 Å². The first-order chi connectivity index (χ1) is 14.6. The molecule has 0 radical (unpaired) electrons. The van der Waals surface area contributed by atoms with Crippen LogP contribution in [0.25, 0.3) is 10.9 Å². The van der Waals surface area contributed by atoms with Crippen molar-refractivity contribution in [2.24, 2.45) is 0 Å². The van der Waals surface area contributed by atoms with Gasteiger partial charge in [-0.3, -0.25) is 10.1 Å². The number of ether oxygens (including phenoxy) is 2. The van der Waals surface area contributed by atoms with E-state index in [1.165, 1.54) is 31.3 Å². The standard InChI is InChI=1S/C21H21ClN4O4/c22-18-10-19-17(9-20(18)26(27)28)21(25-12-24-19)23-11-14-5-7-16(8-6-14)30-13-29-15-3-1-2-4-15/h5-10,12,15H,1-4,11,13H2,(H,23,24,25). The second-order valence-electron chi connectivity index (χ2n) is 7.13. The molecule has 0 amide bonds. The van der Waals surface area contributed by atoms with Crippen molar-refractivity contribution in [3.05, 3.63) is 63.4 Å². The van der Waals surface area contributed by atoms with Crippen molar-refractivity contribution < 1.29 is 14.4 Å². The topological polar surface area (TPSA) is 99.4 Å². The first-order valence-electron chi connectivity index (χ1n) is 9.76. The number of nitro groups is 1. The molecule has 0 atom stereocenters. The molecule has 4 rings (SSSR count). The maximum absolute atomic E-state index is 11.2. The van der Waals surface area contributed by atoms with Gasteiger partial charge in [0.25, 0.3) is 5.69 Å². The summed E-state index contributed by atoms with van der Waals surface area (Å²) in [4.78, 5) is 19.0. The van der Waals surface area contributed by atoms with Crippen molar-refractivity contribution in [3.63, 3.8) is 0 Å². The van der Waals surface area contributed by atoms with Crippen LogP contribution < -0.4 is 10.1 Å². The zero-order valence-electron chi connectivity index (χ0n) is 16.2. The van der Waals surface area contributed by atoms with E-state index in [1.807, 2.05) is 24.3 Å². The fourth-order valence-electron chi connectivity index (χ4n) is 3.49. The summed E-state index contributed by atoms with van der Waals surface area (Å²) in [5.74, 6) is 1.25. The Kier molecular flexibility index (Phi) is 6.25. The number of rotatable bonds is 8. The highest BCUT2D eigenvalue weighted by atomic mass is 35.5. The fourth-order valence-corrected chi connectivity index (χ4v) is 3.72. The number of nitrogens with one attached hydrogen (secondary N) is 1. The van der Waals surface area contributed by atoms with Gasteiger partial charge in [0.05, 0.1) is 16.5 Å². The number of hydrogen-bond acceptors (Lipinski definition) is 7. The molecule has 0 aliphatic heterocycles. The van der Waals surface area contributed by atoms with E-state index < -0.39 is 4.92 Å². The van der Waals surface area contributed by atoms with Gasteiger partial charge in [-0.15, -0.1) is 0 Å². The molecule has 1 aliphatic rings. The molecule has 156 valence electrons. The lowest BCUT2D eigenvalue weighted by molar-refractivity contribution is -0.384. The lowest BCUT2D eigenvalue weighted by atomic mass is 10.2. The molecule has 30 heavy (non-hydrogen) atoms. The third-order valence-electron chi connectivity index (χ3n) is 5.12. The van der Waals surface area contributed by atoms with Gasteiger partial charge < -0.3 is 14.8 Å². The predicted molar refractivity (Wildman–Crippen MR) is 114 cm³/mol. The van der Waals surface area contributed by atoms with E-state index >= 15 is 0 Å². The van der Waals surface area contributed by atoms with Crippen LogP contribution in [0.2, 0.25) is 5.02 Å². The normalized spacial score (nSPS) is 14.2. The van der Waals surface area contributed by atoms with Gasteiger partial charge in [-0.05, 0) is 36.6 Å². The molecule has 9 heteroatoms. The van der Waals surface area contributed by atoms with Gasteiger partial charge in [-0.2, -0.15) is 0 Å². The monoisotopic (exact) mass is 428 g/mol. The van der Waals surface area contributed by atoms with E-state index in [1.54, 1.807) is 0 Å². The van der Waals surface area contributed by atoms with Crippen LogP contribution in [0, 0.1) is 10.1 Å². The Morgan fingerprint density at radius 1 is 1.17 bits per heavy atom. The molecule has 1 saturated carbocycles. The molecule has 8 nitrogen and oxygen atoms in total. The Morgan fingerprint density at radius 2 is 1.93 bits per heavy atom. The van der Waals surface area contributed by atoms with Crippen molar-refractivity contribution in [2.75, 3.05) is 12.1 Å². The second kappa shape index (κ2) is 9.23. The van der Waals surface area contributed by atoms with Gasteiger partial charge in [0.15, 0.2) is 6.79 Å². The summed E-state index contributed by atoms with van der Waals surface area (Å²) in [5.41, 5.74) is 1.37. The first-order valence-corrected chi connectivity index (χ1v) is 10.1. The van der Waals surface area contributed by atoms with Crippen LogP contribution in [0.3, 0.4) is 0 Å². The zero-order chi connectivity index (χ0) is 20.9. The number of halogens is 1. The molecule has 0 unspecified atom stereocenters. The van der Waals surface area contributed by atoms with Gasteiger partial charge in [0, 0.05) is 18.0 Å². The van der Waals surface area contributed by atoms with Crippen molar-refractivity contribution in [1.29, 1.82) is 0 Å². The highest BCUT2D eigenvalue weighted by Gasteiger charge is 2.17. The molecule has 0 spiro atoms. The third kappa shape index (κ3) is 4.77. The van der Waals surface area contributed by atoms with E-state index in [4.69, 9.17) is 21.1 Å². The number of hydrogen-bond donors (Lipinski definition) is 1. The lowest BCUT2D eigenvalue weighted by Crippen LogP contribution is -2.12. The Hall–Kier alpha value is -2.97. The molecule has 2 aromatic carbocycles. The number of aromatic nitrogens is 2. The number of benzene rings is 2. The average Bonchev–Trinajstić information content (AvgIpc) is 3.26. The quantitative estimate of drug-likeness (QED) is 0.302. The number of nitrogens with zero attached hydrogens (tertiary/aromatic N) is 3. The van der Waals surface area contributed by atoms with Crippen molar-refractivity contribution >= 4 is 34.0 Å². The Morgan fingerprint density at radius 3 is 2.67 bits per heavy atom. The summed E-state index contributed by atoms with van der Waals surface area (Å²) < 4.78 is 11.4. The Bertz CT molecular complexity index is 1040. The lowest BCUT2D eigenvalue weighted by Gasteiger charge is -2.13. The number of nitro benzene ring substituents is 1. The van der Waals surface area contributed by atoms with Crippen LogP contribution in [0.15, 0.2) is 42.7 Å². The third-order valence-corrected chi connectivity index (χ3v) is 5.42. The summed E-state index contributed by atoms with van der Waals surface area (Å²) >= 11 is 5.97. The summed E-state index contributed by atoms with van der Waals surface area (Å²) in [7, 11) is 0. The largest absolute Gasteiger partial charge is 0.468 e. The van der Waals surface area contributed by atoms with Crippen LogP contribution in [0.1, 0.15) is 31.2 Å². The minimum absolute atomic E-state index is 0.0460. The summed E-state index contributed by atoms with van der Waals surface area (Å²) in [6.45, 7) is 0.748. The summed E-state index contributed by atoms with van der Waals surface area (Å²) in [6, 6.07) is 10.5. The van der Waals surface area contributed by atoms with Crippen LogP contribution in [0.4, 0.5) is 11.5 Å². The van der Waals surface area contributed by atoms with Gasteiger partial charge >= 0.3 is 0 Å². The first kappa shape index (κ1) is 20.3. The van der Waals surface area contributed by atoms with Gasteiger partial charge in [-0.1, -0.05) is 36.6 Å². The predicted octanol–water partition coefficient (Wildman–Crippen LogP) is 5.10. The van der Waals surface area contributed by atoms with Crippen molar-refractivity contribution in [3.8, 4) is 5.75 Å². The maximum atomic E-state index is 11.2. The molecule has 1 N–H and O–H groups in total. The zero-order valence-corrected chi connectivity index (χ0v) is 17.0. The van der Waals surface area contributed by atoms with E-state index in [2.05, 4.69) is 15.3 Å². The van der Waals surface area contributed by atoms with Crippen LogP contribution >= 0.6 is 11.6 Å². The maximum Gasteiger partial charge on any atom is 0.288 e. The molecule has 0 saturated heterocycles. The molecule has 0 bridgehead atoms. The van der Waals surface area contributed by atoms with E-state index in [-0.39, 0.29) is 17.5 Å². The number of fused-ring (bicyclic) bond motifs is 1. The molecule has 1 aromatic heterocycles. The second-order valence-corrected chi connectivity index (χ2v) is 7.54.